The number of rotatable bonds is 4. The second-order valence-corrected chi connectivity index (χ2v) is 19.1. The first-order chi connectivity index (χ1) is 17.3. The average molecular weight is 523 g/mol. The Morgan fingerprint density at radius 2 is 1.76 bits per heavy atom. The Morgan fingerprint density at radius 1 is 1.05 bits per heavy atom. The number of hydrogen-bond acceptors (Lipinski definition) is 4. The van der Waals surface area contributed by atoms with Crippen molar-refractivity contribution < 1.29 is 18.8 Å². The Balaban J connectivity index is 1.55. The molecular weight excluding hydrogens is 476 g/mol. The van der Waals surface area contributed by atoms with E-state index in [0.717, 1.165) is 38.5 Å². The summed E-state index contributed by atoms with van der Waals surface area (Å²) in [4.78, 5) is 27.3. The lowest BCUT2D eigenvalue weighted by Crippen LogP contribution is -2.60. The predicted molar refractivity (Wildman–Crippen MR) is 150 cm³/mol. The second-order valence-electron chi connectivity index (χ2n) is 14.3. The van der Waals surface area contributed by atoms with Crippen molar-refractivity contribution in [2.24, 2.45) is 28.6 Å². The van der Waals surface area contributed by atoms with Gasteiger partial charge in [-0.25, -0.2) is 4.79 Å². The van der Waals surface area contributed by atoms with Crippen molar-refractivity contribution >= 4 is 20.1 Å². The Kier molecular flexibility index (Phi) is 6.67. The summed E-state index contributed by atoms with van der Waals surface area (Å²) in [7, 11) is -2.01. The zero-order valence-electron chi connectivity index (χ0n) is 23.9. The van der Waals surface area contributed by atoms with E-state index in [-0.39, 0.29) is 57.6 Å². The third kappa shape index (κ3) is 4.38. The van der Waals surface area contributed by atoms with E-state index in [1.165, 1.54) is 12.0 Å². The van der Waals surface area contributed by atoms with Crippen molar-refractivity contribution in [1.29, 1.82) is 0 Å². The van der Waals surface area contributed by atoms with Crippen LogP contribution in [-0.4, -0.2) is 32.3 Å². The van der Waals surface area contributed by atoms with Crippen LogP contribution in [0.3, 0.4) is 0 Å². The van der Waals surface area contributed by atoms with Crippen molar-refractivity contribution in [3.63, 3.8) is 0 Å². The standard InChI is InChI=1S/C32H46O4Si/c1-30(2,3)37(6,7)36-26-17-16-23-27-24(33)19-22-15-11-12-18-31(22,4)28(27)25(20-32(23,26)5)35-29(34)21-13-9-8-10-14-21/h8-10,13-14,19,23,25-28H,11-12,15-18,20H2,1-7H3/t23?,25-,26-,27?,28?,31-,32-/m0/s1. The summed E-state index contributed by atoms with van der Waals surface area (Å²) >= 11 is 0. The molecule has 0 saturated heterocycles. The van der Waals surface area contributed by atoms with Crippen molar-refractivity contribution in [1.82, 2.24) is 0 Å². The van der Waals surface area contributed by atoms with E-state index in [4.69, 9.17) is 9.16 Å². The molecule has 5 rings (SSSR count). The average Bonchev–Trinajstić information content (AvgIpc) is 3.14. The predicted octanol–water partition coefficient (Wildman–Crippen LogP) is 7.74. The molecule has 3 unspecified atom stereocenters. The van der Waals surface area contributed by atoms with Crippen LogP contribution >= 0.6 is 0 Å². The molecule has 0 spiro atoms. The summed E-state index contributed by atoms with van der Waals surface area (Å²) < 4.78 is 13.6. The normalized spacial score (nSPS) is 37.8. The lowest BCUT2D eigenvalue weighted by Gasteiger charge is -2.59. The second kappa shape index (κ2) is 9.19. The van der Waals surface area contributed by atoms with Gasteiger partial charge >= 0.3 is 5.97 Å². The van der Waals surface area contributed by atoms with Gasteiger partial charge in [0.25, 0.3) is 0 Å². The van der Waals surface area contributed by atoms with Gasteiger partial charge in [-0.2, -0.15) is 0 Å². The van der Waals surface area contributed by atoms with E-state index < -0.39 is 8.32 Å². The third-order valence-corrected chi connectivity index (χ3v) is 15.7. The summed E-state index contributed by atoms with van der Waals surface area (Å²) in [6.07, 6.45) is 8.94. The molecule has 0 amide bonds. The summed E-state index contributed by atoms with van der Waals surface area (Å²) in [6, 6.07) is 9.33. The van der Waals surface area contributed by atoms with Gasteiger partial charge in [0.2, 0.25) is 0 Å². The molecule has 4 aliphatic carbocycles. The van der Waals surface area contributed by atoms with Crippen molar-refractivity contribution in [2.45, 2.75) is 110 Å². The molecule has 1 aromatic rings. The van der Waals surface area contributed by atoms with E-state index in [2.05, 4.69) is 47.7 Å². The highest BCUT2D eigenvalue weighted by Gasteiger charge is 2.65. The van der Waals surface area contributed by atoms with Crippen LogP contribution in [0.2, 0.25) is 18.1 Å². The maximum absolute atomic E-state index is 13.9. The molecule has 3 fully saturated rings. The minimum atomic E-state index is -2.01. The molecule has 0 aliphatic heterocycles. The fourth-order valence-electron chi connectivity index (χ4n) is 8.09. The van der Waals surface area contributed by atoms with Crippen molar-refractivity contribution in [2.75, 3.05) is 0 Å². The Bertz CT molecular complexity index is 1090. The van der Waals surface area contributed by atoms with Gasteiger partial charge in [0.15, 0.2) is 14.1 Å². The van der Waals surface area contributed by atoms with Gasteiger partial charge in [-0.15, -0.1) is 0 Å². The molecule has 0 N–H and O–H groups in total. The van der Waals surface area contributed by atoms with Gasteiger partial charge in [0.05, 0.1) is 11.7 Å². The molecule has 5 heteroatoms. The van der Waals surface area contributed by atoms with Crippen LogP contribution in [0.4, 0.5) is 0 Å². The molecule has 0 heterocycles. The first-order valence-electron chi connectivity index (χ1n) is 14.5. The molecule has 4 nitrogen and oxygen atoms in total. The van der Waals surface area contributed by atoms with E-state index in [9.17, 15) is 9.59 Å². The van der Waals surface area contributed by atoms with Gasteiger partial charge in [0.1, 0.15) is 6.10 Å². The van der Waals surface area contributed by atoms with Crippen LogP contribution in [-0.2, 0) is 14.0 Å². The topological polar surface area (TPSA) is 52.6 Å². The Morgan fingerprint density at radius 3 is 2.43 bits per heavy atom. The lowest BCUT2D eigenvalue weighted by atomic mass is 9.47. The quantitative estimate of drug-likeness (QED) is 0.300. The van der Waals surface area contributed by atoms with E-state index >= 15 is 0 Å². The van der Waals surface area contributed by atoms with Crippen LogP contribution in [0.15, 0.2) is 42.0 Å². The number of benzene rings is 1. The number of esters is 1. The number of carbonyl (C=O) groups is 2. The third-order valence-electron chi connectivity index (χ3n) is 11.2. The highest BCUT2D eigenvalue weighted by atomic mass is 28.4. The zero-order valence-corrected chi connectivity index (χ0v) is 24.9. The number of ketones is 1. The number of ether oxygens (including phenoxy) is 1. The van der Waals surface area contributed by atoms with Crippen LogP contribution in [0, 0.1) is 28.6 Å². The Hall–Kier alpha value is -1.72. The van der Waals surface area contributed by atoms with Crippen molar-refractivity contribution in [3.05, 3.63) is 47.5 Å². The molecule has 0 bridgehead atoms. The fourth-order valence-corrected chi connectivity index (χ4v) is 9.54. The SMILES string of the molecule is CC(C)(C)[Si](C)(C)O[C@H]1CCC2C3C(=O)C=C4CCCC[C@]4(C)C3[C@@H](OC(=O)c3ccccc3)C[C@@]21C. The maximum Gasteiger partial charge on any atom is 0.338 e. The number of fused-ring (bicyclic) bond motifs is 5. The van der Waals surface area contributed by atoms with Crippen LogP contribution < -0.4 is 0 Å². The van der Waals surface area contributed by atoms with E-state index in [1.807, 2.05) is 36.4 Å². The van der Waals surface area contributed by atoms with Gasteiger partial charge in [-0.3, -0.25) is 4.79 Å². The molecule has 4 aliphatic rings. The van der Waals surface area contributed by atoms with Gasteiger partial charge in [-0.05, 0) is 91.6 Å². The first kappa shape index (κ1) is 26.9. The highest BCUT2D eigenvalue weighted by Crippen LogP contribution is 2.65. The number of hydrogen-bond donors (Lipinski definition) is 0. The number of carbonyl (C=O) groups excluding carboxylic acids is 2. The molecular formula is C32H46O4Si. The number of allylic oxidation sites excluding steroid dienone is 2. The lowest BCUT2D eigenvalue weighted by molar-refractivity contribution is -0.155. The highest BCUT2D eigenvalue weighted by molar-refractivity contribution is 6.74. The van der Waals surface area contributed by atoms with E-state index in [0.29, 0.717) is 5.56 Å². The zero-order chi connectivity index (χ0) is 26.8. The van der Waals surface area contributed by atoms with Crippen LogP contribution in [0.5, 0.6) is 0 Å². The molecule has 3 saturated carbocycles. The summed E-state index contributed by atoms with van der Waals surface area (Å²) in [5, 5.41) is 0.117. The van der Waals surface area contributed by atoms with Gasteiger partial charge in [0, 0.05) is 11.8 Å². The minimum absolute atomic E-state index is 0.0395. The molecule has 1 aromatic carbocycles. The minimum Gasteiger partial charge on any atom is -0.458 e. The largest absolute Gasteiger partial charge is 0.458 e. The van der Waals surface area contributed by atoms with Gasteiger partial charge < -0.3 is 9.16 Å². The smallest absolute Gasteiger partial charge is 0.338 e. The Labute approximate surface area is 224 Å². The molecule has 37 heavy (non-hydrogen) atoms. The molecule has 0 aromatic heterocycles. The fraction of sp³-hybridized carbons (Fsp3) is 0.688. The van der Waals surface area contributed by atoms with Crippen molar-refractivity contribution in [3.8, 4) is 0 Å². The summed E-state index contributed by atoms with van der Waals surface area (Å²) in [5.74, 6) is 0.200. The first-order valence-corrected chi connectivity index (χ1v) is 17.4. The molecule has 202 valence electrons. The summed E-state index contributed by atoms with van der Waals surface area (Å²) in [5.41, 5.74) is 1.60. The van der Waals surface area contributed by atoms with E-state index in [1.54, 1.807) is 0 Å². The van der Waals surface area contributed by atoms with Crippen LogP contribution in [0.25, 0.3) is 0 Å². The van der Waals surface area contributed by atoms with Crippen LogP contribution in [0.1, 0.15) is 89.9 Å². The van der Waals surface area contributed by atoms with Gasteiger partial charge in [-0.1, -0.05) is 64.8 Å². The molecule has 7 atom stereocenters. The monoisotopic (exact) mass is 522 g/mol. The summed E-state index contributed by atoms with van der Waals surface area (Å²) in [6.45, 7) is 16.2. The molecule has 0 radical (unpaired) electrons. The maximum atomic E-state index is 13.9.